The van der Waals surface area contributed by atoms with Gasteiger partial charge in [-0.3, -0.25) is 4.98 Å². The fourth-order valence-electron chi connectivity index (χ4n) is 1.39. The van der Waals surface area contributed by atoms with Crippen LogP contribution in [-0.2, 0) is 10.0 Å². The van der Waals surface area contributed by atoms with Crippen molar-refractivity contribution in [2.24, 2.45) is 5.73 Å². The minimum atomic E-state index is -3.46. The highest BCUT2D eigenvalue weighted by molar-refractivity contribution is 7.89. The van der Waals surface area contributed by atoms with E-state index in [2.05, 4.69) is 4.98 Å². The van der Waals surface area contributed by atoms with E-state index in [-0.39, 0.29) is 9.88 Å². The topological polar surface area (TPSA) is 76.3 Å². The van der Waals surface area contributed by atoms with Crippen LogP contribution in [0.25, 0.3) is 0 Å². The minimum absolute atomic E-state index is 0.150. The number of hydrogen-bond donors (Lipinski definition) is 1. The number of nitrogens with two attached hydrogens (primary N) is 1. The van der Waals surface area contributed by atoms with Gasteiger partial charge >= 0.3 is 0 Å². The van der Waals surface area contributed by atoms with Gasteiger partial charge in [0.1, 0.15) is 9.88 Å². The number of pyridine rings is 1. The van der Waals surface area contributed by atoms with Crippen molar-refractivity contribution in [3.63, 3.8) is 0 Å². The second-order valence-electron chi connectivity index (χ2n) is 3.33. The predicted octanol–water partition coefficient (Wildman–Crippen LogP) is 0.746. The Labute approximate surface area is 107 Å². The van der Waals surface area contributed by atoms with Crippen LogP contribution in [0.5, 0.6) is 0 Å². The molecule has 1 rings (SSSR count). The first-order chi connectivity index (χ1) is 7.93. The van der Waals surface area contributed by atoms with Gasteiger partial charge in [0, 0.05) is 19.3 Å². The highest BCUT2D eigenvalue weighted by Crippen LogP contribution is 2.14. The smallest absolute Gasteiger partial charge is 0.244 e. The summed E-state index contributed by atoms with van der Waals surface area (Å²) in [6.45, 7) is 4.43. The van der Waals surface area contributed by atoms with Crippen molar-refractivity contribution in [2.75, 3.05) is 13.1 Å². The molecule has 17 heavy (non-hydrogen) atoms. The molecule has 0 aromatic carbocycles. The van der Waals surface area contributed by atoms with E-state index in [1.165, 1.54) is 22.6 Å². The summed E-state index contributed by atoms with van der Waals surface area (Å²) in [5, 5.41) is 0. The van der Waals surface area contributed by atoms with E-state index in [9.17, 15) is 8.42 Å². The van der Waals surface area contributed by atoms with Crippen LogP contribution < -0.4 is 5.73 Å². The number of aromatic nitrogens is 1. The fourth-order valence-corrected chi connectivity index (χ4v) is 2.92. The Morgan fingerprint density at radius 1 is 1.41 bits per heavy atom. The number of thiocarbonyl (C=S) groups is 1. The monoisotopic (exact) mass is 273 g/mol. The van der Waals surface area contributed by atoms with E-state index in [4.69, 9.17) is 18.0 Å². The molecule has 0 aliphatic carbocycles. The van der Waals surface area contributed by atoms with E-state index in [0.717, 1.165) is 0 Å². The summed E-state index contributed by atoms with van der Waals surface area (Å²) in [6.07, 6.45) is 1.28. The lowest BCUT2D eigenvalue weighted by molar-refractivity contribution is 0.445. The maximum Gasteiger partial charge on any atom is 0.244 e. The lowest BCUT2D eigenvalue weighted by Crippen LogP contribution is -2.30. The predicted molar refractivity (Wildman–Crippen MR) is 70.2 cm³/mol. The second-order valence-corrected chi connectivity index (χ2v) is 5.71. The molecule has 0 bridgehead atoms. The first-order valence-electron chi connectivity index (χ1n) is 5.19. The molecule has 0 atom stereocenters. The van der Waals surface area contributed by atoms with Crippen LogP contribution in [0.3, 0.4) is 0 Å². The van der Waals surface area contributed by atoms with Crippen molar-refractivity contribution in [3.8, 4) is 0 Å². The molecule has 1 aromatic heterocycles. The van der Waals surface area contributed by atoms with Crippen molar-refractivity contribution in [2.45, 2.75) is 18.7 Å². The van der Waals surface area contributed by atoms with Crippen LogP contribution in [0.4, 0.5) is 0 Å². The largest absolute Gasteiger partial charge is 0.388 e. The van der Waals surface area contributed by atoms with E-state index in [1.54, 1.807) is 13.8 Å². The molecule has 5 nitrogen and oxygen atoms in total. The molecular formula is C10H15N3O2S2. The van der Waals surface area contributed by atoms with Crippen molar-refractivity contribution < 1.29 is 8.42 Å². The molecule has 2 N–H and O–H groups in total. The molecule has 7 heteroatoms. The Balaban J connectivity index is 3.12. The van der Waals surface area contributed by atoms with Crippen molar-refractivity contribution >= 4 is 27.2 Å². The van der Waals surface area contributed by atoms with Crippen molar-refractivity contribution in [3.05, 3.63) is 24.0 Å². The van der Waals surface area contributed by atoms with Crippen LogP contribution in [0, 0.1) is 0 Å². The SMILES string of the molecule is CCN(CC)S(=O)(=O)c1ccc(C(N)=S)nc1. The zero-order valence-corrected chi connectivity index (χ0v) is 11.4. The maximum atomic E-state index is 12.1. The first-order valence-corrected chi connectivity index (χ1v) is 7.04. The van der Waals surface area contributed by atoms with Crippen LogP contribution in [0.1, 0.15) is 19.5 Å². The van der Waals surface area contributed by atoms with Crippen LogP contribution in [-0.4, -0.2) is 35.8 Å². The third-order valence-corrected chi connectivity index (χ3v) is 4.57. The van der Waals surface area contributed by atoms with E-state index < -0.39 is 10.0 Å². The average Bonchev–Trinajstić information content (AvgIpc) is 2.30. The first kappa shape index (κ1) is 14.0. The quantitative estimate of drug-likeness (QED) is 0.801. The van der Waals surface area contributed by atoms with E-state index in [1.807, 2.05) is 0 Å². The van der Waals surface area contributed by atoms with Crippen molar-refractivity contribution in [1.82, 2.24) is 9.29 Å². The lowest BCUT2D eigenvalue weighted by Gasteiger charge is -2.18. The summed E-state index contributed by atoms with van der Waals surface area (Å²) < 4.78 is 25.6. The average molecular weight is 273 g/mol. The van der Waals surface area contributed by atoms with Gasteiger partial charge in [0.2, 0.25) is 10.0 Å². The molecule has 0 saturated carbocycles. The summed E-state index contributed by atoms with van der Waals surface area (Å²) in [4.78, 5) is 4.23. The molecule has 1 heterocycles. The lowest BCUT2D eigenvalue weighted by atomic mass is 10.3. The second kappa shape index (κ2) is 5.52. The molecule has 0 saturated heterocycles. The Hall–Kier alpha value is -1.05. The van der Waals surface area contributed by atoms with Gasteiger partial charge in [0.25, 0.3) is 0 Å². The minimum Gasteiger partial charge on any atom is -0.388 e. The number of hydrogen-bond acceptors (Lipinski definition) is 4. The molecule has 1 aromatic rings. The fraction of sp³-hybridized carbons (Fsp3) is 0.400. The standard InChI is InChI=1S/C10H15N3O2S2/c1-3-13(4-2)17(14,15)8-5-6-9(10(11)16)12-7-8/h5-7H,3-4H2,1-2H3,(H2,11,16). The Bertz CT molecular complexity index is 493. The van der Waals surface area contributed by atoms with E-state index >= 15 is 0 Å². The zero-order chi connectivity index (χ0) is 13.1. The van der Waals surface area contributed by atoms with Gasteiger partial charge in [0.15, 0.2) is 0 Å². The summed E-state index contributed by atoms with van der Waals surface area (Å²) in [7, 11) is -3.46. The summed E-state index contributed by atoms with van der Waals surface area (Å²) in [5.74, 6) is 0. The van der Waals surface area contributed by atoms with Gasteiger partial charge < -0.3 is 5.73 Å². The Morgan fingerprint density at radius 3 is 2.35 bits per heavy atom. The van der Waals surface area contributed by atoms with Gasteiger partial charge in [-0.2, -0.15) is 4.31 Å². The molecule has 0 aliphatic heterocycles. The van der Waals surface area contributed by atoms with Crippen molar-refractivity contribution in [1.29, 1.82) is 0 Å². The molecule has 0 spiro atoms. The number of rotatable bonds is 5. The molecule has 0 aliphatic rings. The molecule has 0 unspecified atom stereocenters. The number of sulfonamides is 1. The summed E-state index contributed by atoms with van der Waals surface area (Å²) >= 11 is 4.75. The van der Waals surface area contributed by atoms with Crippen LogP contribution in [0.15, 0.2) is 23.2 Å². The molecule has 0 radical (unpaired) electrons. The highest BCUT2D eigenvalue weighted by Gasteiger charge is 2.21. The normalized spacial score (nSPS) is 11.7. The van der Waals surface area contributed by atoms with Gasteiger partial charge in [0.05, 0.1) is 5.69 Å². The maximum absolute atomic E-state index is 12.1. The molecule has 0 fully saturated rings. The Morgan fingerprint density at radius 2 is 2.00 bits per heavy atom. The van der Waals surface area contributed by atoms with Gasteiger partial charge in [-0.05, 0) is 12.1 Å². The third-order valence-electron chi connectivity index (χ3n) is 2.33. The van der Waals surface area contributed by atoms with Crippen LogP contribution >= 0.6 is 12.2 Å². The van der Waals surface area contributed by atoms with E-state index in [0.29, 0.717) is 18.8 Å². The number of nitrogens with zero attached hydrogens (tertiary/aromatic N) is 2. The highest BCUT2D eigenvalue weighted by atomic mass is 32.2. The summed E-state index contributed by atoms with van der Waals surface area (Å²) in [6, 6.07) is 2.98. The van der Waals surface area contributed by atoms with Crippen LogP contribution in [0.2, 0.25) is 0 Å². The van der Waals surface area contributed by atoms with Gasteiger partial charge in [-0.15, -0.1) is 0 Å². The summed E-state index contributed by atoms with van der Waals surface area (Å²) in [5.41, 5.74) is 5.81. The molecule has 94 valence electrons. The molecular weight excluding hydrogens is 258 g/mol. The molecule has 0 amide bonds. The third kappa shape index (κ3) is 2.99. The van der Waals surface area contributed by atoms with Gasteiger partial charge in [-0.25, -0.2) is 8.42 Å². The Kier molecular flexibility index (Phi) is 4.55. The van der Waals surface area contributed by atoms with Gasteiger partial charge in [-0.1, -0.05) is 26.1 Å². The zero-order valence-electron chi connectivity index (χ0n) is 9.75.